The number of hydrogen-bond acceptors (Lipinski definition) is 2. The molecule has 2 rings (SSSR count). The molecule has 3 nitrogen and oxygen atoms in total. The van der Waals surface area contributed by atoms with Crippen molar-refractivity contribution in [2.75, 3.05) is 0 Å². The highest BCUT2D eigenvalue weighted by molar-refractivity contribution is 5.85. The summed E-state index contributed by atoms with van der Waals surface area (Å²) in [4.78, 5) is 12.1. The quantitative estimate of drug-likeness (QED) is 0.841. The predicted octanol–water partition coefficient (Wildman–Crippen LogP) is 3.94. The van der Waals surface area contributed by atoms with Crippen LogP contribution in [0.3, 0.4) is 0 Å². The molecule has 2 unspecified atom stereocenters. The predicted molar refractivity (Wildman–Crippen MR) is 97.6 cm³/mol. The molecule has 2 atom stereocenters. The van der Waals surface area contributed by atoms with Crippen molar-refractivity contribution >= 4 is 18.3 Å². The monoisotopic (exact) mass is 332 g/mol. The van der Waals surface area contributed by atoms with Crippen molar-refractivity contribution in [3.8, 4) is 0 Å². The van der Waals surface area contributed by atoms with E-state index in [4.69, 9.17) is 5.73 Å². The molecule has 0 radical (unpaired) electrons. The van der Waals surface area contributed by atoms with Gasteiger partial charge in [-0.15, -0.1) is 12.4 Å². The van der Waals surface area contributed by atoms with E-state index in [2.05, 4.69) is 36.5 Å². The van der Waals surface area contributed by atoms with Gasteiger partial charge in [0.25, 0.3) is 0 Å². The van der Waals surface area contributed by atoms with Gasteiger partial charge in [0.1, 0.15) is 0 Å². The molecule has 0 spiro atoms. The summed E-state index contributed by atoms with van der Waals surface area (Å²) in [5.41, 5.74) is 9.48. The Hall–Kier alpha value is -1.84. The van der Waals surface area contributed by atoms with Crippen LogP contribution in [0.1, 0.15) is 49.0 Å². The first-order chi connectivity index (χ1) is 10.6. The van der Waals surface area contributed by atoms with E-state index in [9.17, 15) is 4.79 Å². The van der Waals surface area contributed by atoms with Gasteiger partial charge in [0, 0.05) is 12.5 Å². The highest BCUT2D eigenvalue weighted by Crippen LogP contribution is 2.16. The molecule has 4 heteroatoms. The minimum absolute atomic E-state index is 0. The van der Waals surface area contributed by atoms with Crippen molar-refractivity contribution in [3.05, 3.63) is 71.3 Å². The molecule has 2 aromatic carbocycles. The fourth-order valence-electron chi connectivity index (χ4n) is 2.44. The highest BCUT2D eigenvalue weighted by Gasteiger charge is 2.14. The first-order valence-corrected chi connectivity index (χ1v) is 7.79. The van der Waals surface area contributed by atoms with Crippen molar-refractivity contribution in [2.45, 2.75) is 38.8 Å². The average Bonchev–Trinajstić information content (AvgIpc) is 2.55. The lowest BCUT2D eigenvalue weighted by atomic mass is 10.0. The van der Waals surface area contributed by atoms with Crippen LogP contribution in [0.25, 0.3) is 0 Å². The number of rotatable bonds is 6. The summed E-state index contributed by atoms with van der Waals surface area (Å²) in [6.45, 7) is 4.12. The van der Waals surface area contributed by atoms with Gasteiger partial charge in [-0.2, -0.15) is 0 Å². The minimum atomic E-state index is -0.268. The number of nitrogens with two attached hydrogens (primary N) is 1. The Bertz CT molecular complexity index is 599. The third-order valence-corrected chi connectivity index (χ3v) is 3.90. The third kappa shape index (κ3) is 5.70. The summed E-state index contributed by atoms with van der Waals surface area (Å²) >= 11 is 0. The summed E-state index contributed by atoms with van der Waals surface area (Å²) in [5, 5.41) is 3.02. The second-order valence-corrected chi connectivity index (χ2v) is 5.61. The van der Waals surface area contributed by atoms with Gasteiger partial charge in [-0.05, 0) is 30.0 Å². The van der Waals surface area contributed by atoms with E-state index in [1.165, 1.54) is 5.56 Å². The molecule has 0 aromatic heterocycles. The SMILES string of the molecule is CCc1ccc(C(C)NC(=O)CC(N)c2ccccc2)cc1.Cl. The number of halogens is 1. The van der Waals surface area contributed by atoms with Crippen LogP contribution < -0.4 is 11.1 Å². The summed E-state index contributed by atoms with van der Waals surface area (Å²) < 4.78 is 0. The Balaban J connectivity index is 0.00000264. The molecule has 0 heterocycles. The molecule has 0 aliphatic carbocycles. The third-order valence-electron chi connectivity index (χ3n) is 3.90. The normalized spacial score (nSPS) is 12.8. The van der Waals surface area contributed by atoms with Crippen molar-refractivity contribution in [1.29, 1.82) is 0 Å². The van der Waals surface area contributed by atoms with Crippen molar-refractivity contribution < 1.29 is 4.79 Å². The maximum atomic E-state index is 12.1. The van der Waals surface area contributed by atoms with Crippen LogP contribution >= 0.6 is 12.4 Å². The first kappa shape index (κ1) is 19.2. The molecule has 124 valence electrons. The van der Waals surface area contributed by atoms with E-state index < -0.39 is 0 Å². The Morgan fingerprint density at radius 3 is 2.22 bits per heavy atom. The van der Waals surface area contributed by atoms with Gasteiger partial charge in [-0.1, -0.05) is 61.5 Å². The van der Waals surface area contributed by atoms with Crippen LogP contribution in [-0.4, -0.2) is 5.91 Å². The molecule has 2 aromatic rings. The molecule has 0 bridgehead atoms. The highest BCUT2D eigenvalue weighted by atomic mass is 35.5. The van der Waals surface area contributed by atoms with Crippen molar-refractivity contribution in [1.82, 2.24) is 5.32 Å². The number of aryl methyl sites for hydroxylation is 1. The molecular formula is C19H25ClN2O. The molecule has 0 aliphatic rings. The van der Waals surface area contributed by atoms with Crippen LogP contribution in [0, 0.1) is 0 Å². The van der Waals surface area contributed by atoms with E-state index >= 15 is 0 Å². The minimum Gasteiger partial charge on any atom is -0.350 e. The zero-order valence-electron chi connectivity index (χ0n) is 13.7. The fourth-order valence-corrected chi connectivity index (χ4v) is 2.44. The van der Waals surface area contributed by atoms with Crippen LogP contribution in [0.2, 0.25) is 0 Å². The van der Waals surface area contributed by atoms with Crippen molar-refractivity contribution in [3.63, 3.8) is 0 Å². The lowest BCUT2D eigenvalue weighted by Gasteiger charge is -2.17. The molecule has 0 fully saturated rings. The zero-order valence-corrected chi connectivity index (χ0v) is 14.5. The number of nitrogens with one attached hydrogen (secondary N) is 1. The Morgan fingerprint density at radius 2 is 1.65 bits per heavy atom. The van der Waals surface area contributed by atoms with E-state index in [-0.39, 0.29) is 30.4 Å². The van der Waals surface area contributed by atoms with Gasteiger partial charge in [0.15, 0.2) is 0 Å². The van der Waals surface area contributed by atoms with Crippen LogP contribution in [0.4, 0.5) is 0 Å². The summed E-state index contributed by atoms with van der Waals surface area (Å²) in [7, 11) is 0. The number of carbonyl (C=O) groups is 1. The Kier molecular flexibility index (Phi) is 7.79. The molecule has 1 amide bonds. The lowest BCUT2D eigenvalue weighted by Crippen LogP contribution is -2.29. The molecule has 0 saturated carbocycles. The van der Waals surface area contributed by atoms with Crippen LogP contribution in [0.5, 0.6) is 0 Å². The fraction of sp³-hybridized carbons (Fsp3) is 0.316. The van der Waals surface area contributed by atoms with Crippen LogP contribution in [-0.2, 0) is 11.2 Å². The van der Waals surface area contributed by atoms with Gasteiger partial charge in [-0.3, -0.25) is 4.79 Å². The molecule has 3 N–H and O–H groups in total. The average molecular weight is 333 g/mol. The van der Waals surface area contributed by atoms with Gasteiger partial charge in [0.2, 0.25) is 5.91 Å². The molecular weight excluding hydrogens is 308 g/mol. The number of hydrogen-bond donors (Lipinski definition) is 2. The molecule has 0 saturated heterocycles. The van der Waals surface area contributed by atoms with E-state index in [1.807, 2.05) is 37.3 Å². The Morgan fingerprint density at radius 1 is 1.04 bits per heavy atom. The van der Waals surface area contributed by atoms with Gasteiger partial charge >= 0.3 is 0 Å². The topological polar surface area (TPSA) is 55.1 Å². The maximum absolute atomic E-state index is 12.1. The summed E-state index contributed by atoms with van der Waals surface area (Å²) in [5.74, 6) is -0.0246. The lowest BCUT2D eigenvalue weighted by molar-refractivity contribution is -0.122. The standard InChI is InChI=1S/C19H24N2O.ClH/c1-3-15-9-11-16(12-10-15)14(2)21-19(22)13-18(20)17-7-5-4-6-8-17;/h4-12,14,18H,3,13,20H2,1-2H3,(H,21,22);1H. The smallest absolute Gasteiger partial charge is 0.222 e. The van der Waals surface area contributed by atoms with E-state index in [0.29, 0.717) is 6.42 Å². The second-order valence-electron chi connectivity index (χ2n) is 5.61. The van der Waals surface area contributed by atoms with Crippen LogP contribution in [0.15, 0.2) is 54.6 Å². The summed E-state index contributed by atoms with van der Waals surface area (Å²) in [6.07, 6.45) is 1.31. The molecule has 23 heavy (non-hydrogen) atoms. The van der Waals surface area contributed by atoms with E-state index in [1.54, 1.807) is 0 Å². The number of benzene rings is 2. The largest absolute Gasteiger partial charge is 0.350 e. The van der Waals surface area contributed by atoms with E-state index in [0.717, 1.165) is 17.5 Å². The second kappa shape index (κ2) is 9.33. The Labute approximate surface area is 144 Å². The number of amides is 1. The first-order valence-electron chi connectivity index (χ1n) is 7.79. The molecule has 0 aliphatic heterocycles. The van der Waals surface area contributed by atoms with Crippen molar-refractivity contribution in [2.24, 2.45) is 5.73 Å². The zero-order chi connectivity index (χ0) is 15.9. The number of carbonyl (C=O) groups excluding carboxylic acids is 1. The summed E-state index contributed by atoms with van der Waals surface area (Å²) in [6, 6.07) is 17.8. The maximum Gasteiger partial charge on any atom is 0.222 e. The van der Waals surface area contributed by atoms with Gasteiger partial charge < -0.3 is 11.1 Å². The van der Waals surface area contributed by atoms with Gasteiger partial charge in [-0.25, -0.2) is 0 Å². The van der Waals surface area contributed by atoms with Gasteiger partial charge in [0.05, 0.1) is 6.04 Å².